The first kappa shape index (κ1) is 25.1. The van der Waals surface area contributed by atoms with Crippen LogP contribution in [0.4, 0.5) is 0 Å². The Morgan fingerprint density at radius 2 is 1.15 bits per heavy atom. The molecule has 0 aliphatic rings. The summed E-state index contributed by atoms with van der Waals surface area (Å²) >= 11 is 0. The quantitative estimate of drug-likeness (QED) is 0.208. The second-order valence-corrected chi connectivity index (χ2v) is 7.28. The number of aliphatic hydroxyl groups excluding tert-OH is 1. The molecule has 5 nitrogen and oxygen atoms in total. The average molecular weight is 372 g/mol. The van der Waals surface area contributed by atoms with Gasteiger partial charge in [0.15, 0.2) is 0 Å². The summed E-state index contributed by atoms with van der Waals surface area (Å²) in [5.74, 6) is -1.40. The van der Waals surface area contributed by atoms with Gasteiger partial charge in [0.1, 0.15) is 6.04 Å². The fraction of sp³-hybridized carbons (Fsp3) is 0.905. The Kier molecular flexibility index (Phi) is 18.2. The van der Waals surface area contributed by atoms with Gasteiger partial charge in [-0.2, -0.15) is 0 Å². The van der Waals surface area contributed by atoms with Crippen molar-refractivity contribution in [3.8, 4) is 0 Å². The van der Waals surface area contributed by atoms with Gasteiger partial charge < -0.3 is 15.6 Å². The van der Waals surface area contributed by atoms with Crippen molar-refractivity contribution in [2.24, 2.45) is 5.73 Å². The molecule has 5 heteroatoms. The fourth-order valence-corrected chi connectivity index (χ4v) is 2.95. The van der Waals surface area contributed by atoms with E-state index in [1.54, 1.807) is 0 Å². The number of ether oxygens (including phenoxy) is 1. The van der Waals surface area contributed by atoms with E-state index in [4.69, 9.17) is 10.8 Å². The van der Waals surface area contributed by atoms with Gasteiger partial charge in [-0.05, 0) is 6.42 Å². The van der Waals surface area contributed by atoms with E-state index in [9.17, 15) is 9.59 Å². The summed E-state index contributed by atoms with van der Waals surface area (Å²) in [7, 11) is 0. The standard InChI is InChI=1S/C21H41NO4/c1-2-3-4-5-6-7-8-9-10-11-12-13-14-15-16-17-20(24)26-21(25)19(22)18-23/h19,23H,2-18,22H2,1H3/t19-/m0/s1. The summed E-state index contributed by atoms with van der Waals surface area (Å²) in [4.78, 5) is 22.6. The highest BCUT2D eigenvalue weighted by Crippen LogP contribution is 2.13. The topological polar surface area (TPSA) is 89.6 Å². The lowest BCUT2D eigenvalue weighted by Crippen LogP contribution is -2.36. The normalized spacial score (nSPS) is 12.1. The Balaban J connectivity index is 3.24. The highest BCUT2D eigenvalue weighted by molar-refractivity contribution is 5.88. The van der Waals surface area contributed by atoms with Gasteiger partial charge in [-0.25, -0.2) is 4.79 Å². The predicted octanol–water partition coefficient (Wildman–Crippen LogP) is 4.64. The molecule has 0 bridgehead atoms. The number of carbonyl (C=O) groups excluding carboxylic acids is 2. The second-order valence-electron chi connectivity index (χ2n) is 7.28. The van der Waals surface area contributed by atoms with Crippen LogP contribution in [0, 0.1) is 0 Å². The molecule has 0 aliphatic carbocycles. The molecule has 0 aromatic heterocycles. The SMILES string of the molecule is CCCCCCCCCCCCCCCCCC(=O)OC(=O)[C@@H](N)CO. The monoisotopic (exact) mass is 371 g/mol. The molecule has 26 heavy (non-hydrogen) atoms. The van der Waals surface area contributed by atoms with Crippen LogP contribution in [0.25, 0.3) is 0 Å². The lowest BCUT2D eigenvalue weighted by atomic mass is 10.0. The molecule has 1 atom stereocenters. The van der Waals surface area contributed by atoms with Crippen molar-refractivity contribution in [2.75, 3.05) is 6.61 Å². The third-order valence-electron chi connectivity index (χ3n) is 4.70. The number of carbonyl (C=O) groups is 2. The summed E-state index contributed by atoms with van der Waals surface area (Å²) < 4.78 is 4.56. The Hall–Kier alpha value is -0.940. The zero-order valence-corrected chi connectivity index (χ0v) is 16.8. The number of hydrogen-bond acceptors (Lipinski definition) is 5. The molecule has 0 saturated carbocycles. The fourth-order valence-electron chi connectivity index (χ4n) is 2.95. The molecule has 0 fully saturated rings. The largest absolute Gasteiger partial charge is 0.394 e. The molecule has 0 aromatic carbocycles. The zero-order valence-electron chi connectivity index (χ0n) is 16.8. The van der Waals surface area contributed by atoms with E-state index in [0.717, 1.165) is 19.3 Å². The Bertz CT molecular complexity index is 347. The maximum absolute atomic E-state index is 11.4. The molecular weight excluding hydrogens is 330 g/mol. The van der Waals surface area contributed by atoms with Crippen molar-refractivity contribution in [1.29, 1.82) is 0 Å². The van der Waals surface area contributed by atoms with E-state index in [2.05, 4.69) is 11.7 Å². The molecule has 0 radical (unpaired) electrons. The minimum Gasteiger partial charge on any atom is -0.394 e. The van der Waals surface area contributed by atoms with E-state index in [-0.39, 0.29) is 6.42 Å². The molecule has 0 unspecified atom stereocenters. The van der Waals surface area contributed by atoms with Gasteiger partial charge in [0.05, 0.1) is 6.61 Å². The van der Waals surface area contributed by atoms with E-state index in [1.165, 1.54) is 77.0 Å². The summed E-state index contributed by atoms with van der Waals surface area (Å²) in [6.45, 7) is 1.75. The van der Waals surface area contributed by atoms with E-state index >= 15 is 0 Å². The van der Waals surface area contributed by atoms with Gasteiger partial charge in [-0.15, -0.1) is 0 Å². The van der Waals surface area contributed by atoms with Crippen LogP contribution in [0.15, 0.2) is 0 Å². The summed E-state index contributed by atoms with van der Waals surface area (Å²) in [5, 5.41) is 8.70. The molecule has 0 spiro atoms. The number of nitrogens with two attached hydrogens (primary N) is 1. The highest BCUT2D eigenvalue weighted by Gasteiger charge is 2.17. The maximum Gasteiger partial charge on any atom is 0.332 e. The minimum atomic E-state index is -1.12. The molecule has 154 valence electrons. The summed E-state index contributed by atoms with van der Waals surface area (Å²) in [5.41, 5.74) is 5.27. The van der Waals surface area contributed by atoms with Crippen LogP contribution in [-0.2, 0) is 14.3 Å². The molecule has 0 rings (SSSR count). The number of unbranched alkanes of at least 4 members (excludes halogenated alkanes) is 14. The summed E-state index contributed by atoms with van der Waals surface area (Å²) in [6, 6.07) is -1.12. The van der Waals surface area contributed by atoms with E-state index in [1.807, 2.05) is 0 Å². The van der Waals surface area contributed by atoms with Crippen molar-refractivity contribution < 1.29 is 19.4 Å². The van der Waals surface area contributed by atoms with Gasteiger partial charge >= 0.3 is 11.9 Å². The first-order valence-electron chi connectivity index (χ1n) is 10.7. The van der Waals surface area contributed by atoms with Crippen LogP contribution in [0.3, 0.4) is 0 Å². The maximum atomic E-state index is 11.4. The number of esters is 2. The Morgan fingerprint density at radius 1 is 0.769 bits per heavy atom. The van der Waals surface area contributed by atoms with Crippen LogP contribution in [0.2, 0.25) is 0 Å². The Labute approximate surface area is 160 Å². The summed E-state index contributed by atoms with van der Waals surface area (Å²) in [6.07, 6.45) is 19.3. The van der Waals surface area contributed by atoms with Crippen LogP contribution in [0.5, 0.6) is 0 Å². The number of hydrogen-bond donors (Lipinski definition) is 2. The van der Waals surface area contributed by atoms with E-state index < -0.39 is 24.6 Å². The minimum absolute atomic E-state index is 0.238. The van der Waals surface area contributed by atoms with Crippen LogP contribution in [-0.4, -0.2) is 29.7 Å². The second kappa shape index (κ2) is 18.8. The van der Waals surface area contributed by atoms with Crippen molar-refractivity contribution in [2.45, 2.75) is 116 Å². The Morgan fingerprint density at radius 3 is 1.54 bits per heavy atom. The predicted molar refractivity (Wildman–Crippen MR) is 106 cm³/mol. The van der Waals surface area contributed by atoms with E-state index in [0.29, 0.717) is 0 Å². The molecule has 0 aliphatic heterocycles. The highest BCUT2D eigenvalue weighted by atomic mass is 16.6. The number of rotatable bonds is 18. The van der Waals surface area contributed by atoms with Crippen molar-refractivity contribution in [1.82, 2.24) is 0 Å². The van der Waals surface area contributed by atoms with Crippen LogP contribution in [0.1, 0.15) is 110 Å². The molecule has 0 heterocycles. The van der Waals surface area contributed by atoms with Crippen molar-refractivity contribution in [3.05, 3.63) is 0 Å². The van der Waals surface area contributed by atoms with Crippen molar-refractivity contribution >= 4 is 11.9 Å². The smallest absolute Gasteiger partial charge is 0.332 e. The molecule has 0 amide bonds. The number of aliphatic hydroxyl groups is 1. The zero-order chi connectivity index (χ0) is 19.5. The van der Waals surface area contributed by atoms with Gasteiger partial charge in [-0.1, -0.05) is 96.8 Å². The first-order chi connectivity index (χ1) is 12.6. The van der Waals surface area contributed by atoms with Gasteiger partial charge in [0, 0.05) is 6.42 Å². The van der Waals surface area contributed by atoms with Crippen LogP contribution < -0.4 is 5.73 Å². The van der Waals surface area contributed by atoms with Gasteiger partial charge in [0.25, 0.3) is 0 Å². The third-order valence-corrected chi connectivity index (χ3v) is 4.70. The lowest BCUT2D eigenvalue weighted by Gasteiger charge is -2.07. The van der Waals surface area contributed by atoms with Crippen LogP contribution >= 0.6 is 0 Å². The molecular formula is C21H41NO4. The van der Waals surface area contributed by atoms with Crippen molar-refractivity contribution in [3.63, 3.8) is 0 Å². The molecule has 0 saturated heterocycles. The molecule has 0 aromatic rings. The lowest BCUT2D eigenvalue weighted by molar-refractivity contribution is -0.161. The van der Waals surface area contributed by atoms with Gasteiger partial charge in [-0.3, -0.25) is 4.79 Å². The molecule has 3 N–H and O–H groups in total. The van der Waals surface area contributed by atoms with Gasteiger partial charge in [0.2, 0.25) is 0 Å². The average Bonchev–Trinajstić information content (AvgIpc) is 2.64. The first-order valence-corrected chi connectivity index (χ1v) is 10.7. The third kappa shape index (κ3) is 16.5.